The van der Waals surface area contributed by atoms with Gasteiger partial charge in [-0.1, -0.05) is 40.5 Å². The van der Waals surface area contributed by atoms with E-state index in [1.165, 1.54) is 4.90 Å². The molecule has 0 radical (unpaired) electrons. The minimum atomic E-state index is -4.17. The number of hydrogen-bond donors (Lipinski definition) is 1. The van der Waals surface area contributed by atoms with Crippen molar-refractivity contribution in [3.63, 3.8) is 0 Å². The fourth-order valence-corrected chi connectivity index (χ4v) is 2.96. The summed E-state index contributed by atoms with van der Waals surface area (Å²) in [6.45, 7) is 1.57. The van der Waals surface area contributed by atoms with Gasteiger partial charge in [0.2, 0.25) is 0 Å². The van der Waals surface area contributed by atoms with Crippen molar-refractivity contribution in [1.82, 2.24) is 10.2 Å². The van der Waals surface area contributed by atoms with Crippen LogP contribution in [-0.2, 0) is 0 Å². The molecule has 2 nitrogen and oxygen atoms in total. The van der Waals surface area contributed by atoms with Crippen LogP contribution in [0.5, 0.6) is 0 Å². The van der Waals surface area contributed by atoms with E-state index in [0.717, 1.165) is 10.0 Å². The number of halogens is 5. The Morgan fingerprint density at radius 2 is 2.05 bits per heavy atom. The van der Waals surface area contributed by atoms with Gasteiger partial charge in [0, 0.05) is 22.1 Å². The molecule has 21 heavy (non-hydrogen) atoms. The Balaban J connectivity index is 2.69. The van der Waals surface area contributed by atoms with Gasteiger partial charge in [0.05, 0.1) is 6.54 Å². The molecule has 1 unspecified atom stereocenters. The Kier molecular flexibility index (Phi) is 7.47. The molecule has 0 aliphatic heterocycles. The fourth-order valence-electron chi connectivity index (χ4n) is 2.15. The van der Waals surface area contributed by atoms with Crippen LogP contribution in [0.25, 0.3) is 0 Å². The third kappa shape index (κ3) is 6.55. The summed E-state index contributed by atoms with van der Waals surface area (Å²) < 4.78 is 38.2. The molecule has 1 rings (SSSR count). The Hall–Kier alpha value is -0.300. The van der Waals surface area contributed by atoms with E-state index >= 15 is 0 Å². The molecule has 0 saturated carbocycles. The smallest absolute Gasteiger partial charge is 0.313 e. The third-order valence-electron chi connectivity index (χ3n) is 3.27. The van der Waals surface area contributed by atoms with Crippen LogP contribution in [0.4, 0.5) is 13.2 Å². The van der Waals surface area contributed by atoms with Gasteiger partial charge >= 0.3 is 6.18 Å². The number of alkyl halides is 3. The summed E-state index contributed by atoms with van der Waals surface area (Å²) in [7, 11) is 1.78. The second-order valence-corrected chi connectivity index (χ2v) is 6.10. The van der Waals surface area contributed by atoms with Crippen LogP contribution < -0.4 is 5.32 Å². The van der Waals surface area contributed by atoms with Crippen molar-refractivity contribution in [3.05, 3.63) is 33.3 Å². The van der Waals surface area contributed by atoms with Crippen molar-refractivity contribution < 1.29 is 13.2 Å². The first-order chi connectivity index (χ1) is 9.76. The zero-order valence-electron chi connectivity index (χ0n) is 12.0. The van der Waals surface area contributed by atoms with E-state index in [9.17, 15) is 13.2 Å². The van der Waals surface area contributed by atoms with Gasteiger partial charge in [-0.15, -0.1) is 0 Å². The quantitative estimate of drug-likeness (QED) is 0.733. The summed E-state index contributed by atoms with van der Waals surface area (Å²) in [5.74, 6) is 0. The lowest BCUT2D eigenvalue weighted by Gasteiger charge is -2.25. The first-order valence-corrected chi connectivity index (χ1v) is 7.85. The molecule has 0 heterocycles. The van der Waals surface area contributed by atoms with E-state index in [1.807, 2.05) is 12.1 Å². The Morgan fingerprint density at radius 3 is 2.52 bits per heavy atom. The zero-order chi connectivity index (χ0) is 16.0. The molecular weight excluding hydrogens is 369 g/mol. The average Bonchev–Trinajstić information content (AvgIpc) is 2.38. The summed E-state index contributed by atoms with van der Waals surface area (Å²) in [6.07, 6.45) is -3.61. The molecule has 120 valence electrons. The van der Waals surface area contributed by atoms with Gasteiger partial charge in [-0.2, -0.15) is 13.2 Å². The molecule has 0 saturated heterocycles. The lowest BCUT2D eigenvalue weighted by atomic mass is 10.0. The van der Waals surface area contributed by atoms with Crippen LogP contribution in [0, 0.1) is 0 Å². The molecule has 0 spiro atoms. The van der Waals surface area contributed by atoms with Crippen LogP contribution in [0.15, 0.2) is 22.7 Å². The summed E-state index contributed by atoms with van der Waals surface area (Å²) in [6, 6.07) is 5.47. The monoisotopic (exact) mass is 386 g/mol. The maximum absolute atomic E-state index is 12.4. The van der Waals surface area contributed by atoms with Crippen molar-refractivity contribution >= 4 is 27.5 Å². The minimum Gasteiger partial charge on any atom is -0.313 e. The van der Waals surface area contributed by atoms with Gasteiger partial charge in [-0.05, 0) is 37.7 Å². The highest BCUT2D eigenvalue weighted by Crippen LogP contribution is 2.28. The van der Waals surface area contributed by atoms with Crippen LogP contribution >= 0.6 is 27.5 Å². The molecule has 1 atom stereocenters. The maximum atomic E-state index is 12.4. The van der Waals surface area contributed by atoms with Gasteiger partial charge in [0.1, 0.15) is 0 Å². The molecule has 0 aliphatic carbocycles. The van der Waals surface area contributed by atoms with E-state index in [-0.39, 0.29) is 6.04 Å². The molecule has 1 aromatic carbocycles. The van der Waals surface area contributed by atoms with Crippen molar-refractivity contribution in [1.29, 1.82) is 0 Å². The van der Waals surface area contributed by atoms with Crippen LogP contribution in [0.2, 0.25) is 5.02 Å². The lowest BCUT2D eigenvalue weighted by molar-refractivity contribution is -0.145. The van der Waals surface area contributed by atoms with Gasteiger partial charge in [-0.25, -0.2) is 0 Å². The molecule has 0 amide bonds. The van der Waals surface area contributed by atoms with Crippen LogP contribution in [-0.4, -0.2) is 37.8 Å². The topological polar surface area (TPSA) is 15.3 Å². The summed E-state index contributed by atoms with van der Waals surface area (Å²) in [5, 5.41) is 3.71. The second-order valence-electron chi connectivity index (χ2n) is 4.78. The van der Waals surface area contributed by atoms with Crippen molar-refractivity contribution in [2.24, 2.45) is 0 Å². The maximum Gasteiger partial charge on any atom is 0.401 e. The highest BCUT2D eigenvalue weighted by atomic mass is 79.9. The third-order valence-corrected chi connectivity index (χ3v) is 4.09. The Labute approximate surface area is 136 Å². The number of hydrogen-bond acceptors (Lipinski definition) is 2. The molecular formula is C14H19BrClF3N2. The number of benzene rings is 1. The first kappa shape index (κ1) is 18.7. The summed E-state index contributed by atoms with van der Waals surface area (Å²) >= 11 is 9.53. The van der Waals surface area contributed by atoms with E-state index in [2.05, 4.69) is 21.2 Å². The van der Waals surface area contributed by atoms with Gasteiger partial charge in [0.15, 0.2) is 0 Å². The predicted molar refractivity (Wildman–Crippen MR) is 83.7 cm³/mol. The number of nitrogens with zero attached hydrogens (tertiary/aromatic N) is 1. The molecule has 0 aromatic heterocycles. The molecule has 1 N–H and O–H groups in total. The van der Waals surface area contributed by atoms with E-state index in [4.69, 9.17) is 11.6 Å². The van der Waals surface area contributed by atoms with E-state index in [0.29, 0.717) is 24.5 Å². The molecule has 0 fully saturated rings. The lowest BCUT2D eigenvalue weighted by Crippen LogP contribution is -2.36. The first-order valence-electron chi connectivity index (χ1n) is 6.68. The SMILES string of the molecule is CCN(CCC(NC)c1ccc(Br)cc1Cl)CC(F)(F)F. The Morgan fingerprint density at radius 1 is 1.38 bits per heavy atom. The predicted octanol–water partition coefficient (Wildman–Crippen LogP) is 4.64. The van der Waals surface area contributed by atoms with Crippen LogP contribution in [0.1, 0.15) is 24.9 Å². The second kappa shape index (κ2) is 8.36. The van der Waals surface area contributed by atoms with E-state index in [1.54, 1.807) is 20.0 Å². The standard InChI is InChI=1S/C14H19BrClF3N2/c1-3-21(9-14(17,18)19)7-6-13(20-2)11-5-4-10(15)8-12(11)16/h4-5,8,13,20H,3,6-7,9H2,1-2H3. The fraction of sp³-hybridized carbons (Fsp3) is 0.571. The van der Waals surface area contributed by atoms with Gasteiger partial charge < -0.3 is 5.32 Å². The molecule has 0 bridgehead atoms. The van der Waals surface area contributed by atoms with E-state index < -0.39 is 12.7 Å². The van der Waals surface area contributed by atoms with Crippen molar-refractivity contribution in [3.8, 4) is 0 Å². The highest BCUT2D eigenvalue weighted by molar-refractivity contribution is 9.10. The van der Waals surface area contributed by atoms with Gasteiger partial charge in [0.25, 0.3) is 0 Å². The molecule has 0 aliphatic rings. The number of nitrogens with one attached hydrogen (secondary N) is 1. The number of rotatable bonds is 7. The van der Waals surface area contributed by atoms with Gasteiger partial charge in [-0.3, -0.25) is 4.90 Å². The van der Waals surface area contributed by atoms with Crippen molar-refractivity contribution in [2.75, 3.05) is 26.7 Å². The Bertz CT molecular complexity index is 454. The molecule has 7 heteroatoms. The van der Waals surface area contributed by atoms with Crippen LogP contribution in [0.3, 0.4) is 0 Å². The average molecular weight is 388 g/mol. The minimum absolute atomic E-state index is 0.0760. The summed E-state index contributed by atoms with van der Waals surface area (Å²) in [5.41, 5.74) is 0.894. The summed E-state index contributed by atoms with van der Waals surface area (Å²) in [4.78, 5) is 1.39. The highest BCUT2D eigenvalue weighted by Gasteiger charge is 2.30. The molecule has 1 aromatic rings. The van der Waals surface area contributed by atoms with Crippen molar-refractivity contribution in [2.45, 2.75) is 25.6 Å². The zero-order valence-corrected chi connectivity index (χ0v) is 14.3. The largest absolute Gasteiger partial charge is 0.401 e. The normalized spacial score (nSPS) is 13.7.